The van der Waals surface area contributed by atoms with Crippen molar-refractivity contribution >= 4 is 40.1 Å². The van der Waals surface area contributed by atoms with Gasteiger partial charge in [0.1, 0.15) is 0 Å². The van der Waals surface area contributed by atoms with E-state index in [4.69, 9.17) is 28.3 Å². The number of aromatic nitrogens is 1. The van der Waals surface area contributed by atoms with Gasteiger partial charge in [0.15, 0.2) is 0 Å². The summed E-state index contributed by atoms with van der Waals surface area (Å²) in [7, 11) is 0. The van der Waals surface area contributed by atoms with Crippen LogP contribution < -0.4 is 0 Å². The van der Waals surface area contributed by atoms with Crippen LogP contribution >= 0.6 is 23.2 Å². The van der Waals surface area contributed by atoms with Gasteiger partial charge in [-0.05, 0) is 24.6 Å². The molecule has 1 aromatic carbocycles. The van der Waals surface area contributed by atoms with Crippen molar-refractivity contribution in [3.05, 3.63) is 33.4 Å². The van der Waals surface area contributed by atoms with Gasteiger partial charge in [0.05, 0.1) is 17.0 Å². The van der Waals surface area contributed by atoms with Crippen molar-refractivity contribution in [3.63, 3.8) is 0 Å². The molecule has 0 atom stereocenters. The Morgan fingerprint density at radius 3 is 2.75 bits per heavy atom. The number of hydrogen-bond donors (Lipinski definition) is 2. The van der Waals surface area contributed by atoms with Crippen LogP contribution in [0.5, 0.6) is 0 Å². The first-order valence-corrected chi connectivity index (χ1v) is 5.42. The van der Waals surface area contributed by atoms with Crippen LogP contribution in [0.15, 0.2) is 12.1 Å². The standard InChI is InChI=1S/C11H9Cl2NO2/c1-5-7(4-10(15)16)8-2-6(12)3-9(13)11(8)14-5/h2-3,14H,4H2,1H3,(H,15,16). The van der Waals surface area contributed by atoms with Crippen LogP contribution in [0.3, 0.4) is 0 Å². The van der Waals surface area contributed by atoms with E-state index in [9.17, 15) is 4.79 Å². The van der Waals surface area contributed by atoms with Crippen LogP contribution in [0.1, 0.15) is 11.3 Å². The van der Waals surface area contributed by atoms with Gasteiger partial charge in [-0.3, -0.25) is 4.79 Å². The number of carboxylic acids is 1. The minimum absolute atomic E-state index is 0.0392. The fourth-order valence-corrected chi connectivity index (χ4v) is 2.32. The molecule has 0 aliphatic rings. The molecular formula is C11H9Cl2NO2. The Kier molecular flexibility index (Phi) is 2.82. The fraction of sp³-hybridized carbons (Fsp3) is 0.182. The Labute approximate surface area is 102 Å². The van der Waals surface area contributed by atoms with Gasteiger partial charge < -0.3 is 10.1 Å². The largest absolute Gasteiger partial charge is 0.481 e. The summed E-state index contributed by atoms with van der Waals surface area (Å²) in [5, 5.41) is 10.6. The van der Waals surface area contributed by atoms with E-state index < -0.39 is 5.97 Å². The lowest BCUT2D eigenvalue weighted by Crippen LogP contribution is -2.00. The molecule has 3 nitrogen and oxygen atoms in total. The number of hydrogen-bond acceptors (Lipinski definition) is 1. The Morgan fingerprint density at radius 1 is 1.44 bits per heavy atom. The summed E-state index contributed by atoms with van der Waals surface area (Å²) in [6.07, 6.45) is -0.0392. The van der Waals surface area contributed by atoms with Crippen LogP contribution in [0.4, 0.5) is 0 Å². The molecule has 0 aliphatic heterocycles. The zero-order chi connectivity index (χ0) is 11.9. The van der Waals surface area contributed by atoms with Crippen molar-refractivity contribution in [2.45, 2.75) is 13.3 Å². The van der Waals surface area contributed by atoms with Gasteiger partial charge in [-0.2, -0.15) is 0 Å². The monoisotopic (exact) mass is 257 g/mol. The van der Waals surface area contributed by atoms with Crippen molar-refractivity contribution in [1.82, 2.24) is 4.98 Å². The molecule has 0 spiro atoms. The normalized spacial score (nSPS) is 10.9. The zero-order valence-corrected chi connectivity index (χ0v) is 9.99. The first-order valence-electron chi connectivity index (χ1n) is 4.67. The maximum Gasteiger partial charge on any atom is 0.307 e. The molecule has 0 fully saturated rings. The fourth-order valence-electron chi connectivity index (χ4n) is 1.78. The SMILES string of the molecule is Cc1[nH]c2c(Cl)cc(Cl)cc2c1CC(=O)O. The Hall–Kier alpha value is -1.19. The number of aliphatic carboxylic acids is 1. The first-order chi connectivity index (χ1) is 7.49. The Balaban J connectivity index is 2.73. The van der Waals surface area contributed by atoms with Crippen molar-refractivity contribution in [1.29, 1.82) is 0 Å². The van der Waals surface area contributed by atoms with Crippen molar-refractivity contribution in [2.75, 3.05) is 0 Å². The number of carboxylic acid groups (broad SMARTS) is 1. The predicted molar refractivity (Wildman–Crippen MR) is 64.4 cm³/mol. The third-order valence-electron chi connectivity index (χ3n) is 2.47. The number of benzene rings is 1. The highest BCUT2D eigenvalue weighted by molar-refractivity contribution is 6.38. The van der Waals surface area contributed by atoms with Gasteiger partial charge in [0, 0.05) is 16.1 Å². The summed E-state index contributed by atoms with van der Waals surface area (Å²) in [5.74, 6) is -0.875. The summed E-state index contributed by atoms with van der Waals surface area (Å²) >= 11 is 11.9. The van der Waals surface area contributed by atoms with Gasteiger partial charge >= 0.3 is 5.97 Å². The molecule has 2 aromatic rings. The highest BCUT2D eigenvalue weighted by atomic mass is 35.5. The number of nitrogens with one attached hydrogen (secondary N) is 1. The molecule has 1 heterocycles. The molecule has 2 rings (SSSR count). The number of halogens is 2. The molecule has 16 heavy (non-hydrogen) atoms. The highest BCUT2D eigenvalue weighted by Crippen LogP contribution is 2.31. The van der Waals surface area contributed by atoms with E-state index in [0.717, 1.165) is 22.2 Å². The molecule has 1 aromatic heterocycles. The van der Waals surface area contributed by atoms with Gasteiger partial charge in [0.2, 0.25) is 0 Å². The summed E-state index contributed by atoms with van der Waals surface area (Å²) in [5.41, 5.74) is 2.27. The second kappa shape index (κ2) is 4.00. The molecule has 0 radical (unpaired) electrons. The van der Waals surface area contributed by atoms with Crippen molar-refractivity contribution < 1.29 is 9.90 Å². The molecule has 0 bridgehead atoms. The minimum Gasteiger partial charge on any atom is -0.481 e. The van der Waals surface area contributed by atoms with Gasteiger partial charge in [-0.1, -0.05) is 23.2 Å². The average molecular weight is 258 g/mol. The molecule has 0 aliphatic carbocycles. The highest BCUT2D eigenvalue weighted by Gasteiger charge is 2.14. The number of aromatic amines is 1. The second-order valence-corrected chi connectivity index (χ2v) is 4.45. The van der Waals surface area contributed by atoms with Crippen LogP contribution in [-0.2, 0) is 11.2 Å². The number of fused-ring (bicyclic) bond motifs is 1. The zero-order valence-electron chi connectivity index (χ0n) is 8.47. The van der Waals surface area contributed by atoms with Gasteiger partial charge in [-0.25, -0.2) is 0 Å². The molecule has 5 heteroatoms. The molecular weight excluding hydrogens is 249 g/mol. The second-order valence-electron chi connectivity index (χ2n) is 3.61. The lowest BCUT2D eigenvalue weighted by Gasteiger charge is -1.98. The van der Waals surface area contributed by atoms with E-state index in [-0.39, 0.29) is 6.42 Å². The Morgan fingerprint density at radius 2 is 2.12 bits per heavy atom. The van der Waals surface area contributed by atoms with E-state index in [1.807, 2.05) is 6.92 Å². The van der Waals surface area contributed by atoms with Crippen molar-refractivity contribution in [2.24, 2.45) is 0 Å². The third kappa shape index (κ3) is 1.88. The molecule has 0 saturated carbocycles. The average Bonchev–Trinajstić information content (AvgIpc) is 2.45. The number of aryl methyl sites for hydroxylation is 1. The van der Waals surface area contributed by atoms with E-state index in [2.05, 4.69) is 4.98 Å². The maximum atomic E-state index is 10.8. The third-order valence-corrected chi connectivity index (χ3v) is 2.99. The number of rotatable bonds is 2. The predicted octanol–water partition coefficient (Wildman–Crippen LogP) is 3.41. The van der Waals surface area contributed by atoms with Gasteiger partial charge in [0.25, 0.3) is 0 Å². The van der Waals surface area contributed by atoms with E-state index in [0.29, 0.717) is 10.0 Å². The van der Waals surface area contributed by atoms with Crippen LogP contribution in [0.2, 0.25) is 10.0 Å². The molecule has 2 N–H and O–H groups in total. The smallest absolute Gasteiger partial charge is 0.307 e. The van der Waals surface area contributed by atoms with E-state index >= 15 is 0 Å². The maximum absolute atomic E-state index is 10.8. The Bertz CT molecular complexity index is 575. The summed E-state index contributed by atoms with van der Waals surface area (Å²) in [4.78, 5) is 13.8. The molecule has 0 amide bonds. The van der Waals surface area contributed by atoms with E-state index in [1.165, 1.54) is 0 Å². The summed E-state index contributed by atoms with van der Waals surface area (Å²) in [6.45, 7) is 1.82. The van der Waals surface area contributed by atoms with Crippen LogP contribution in [0.25, 0.3) is 10.9 Å². The number of carbonyl (C=O) groups is 1. The van der Waals surface area contributed by atoms with E-state index in [1.54, 1.807) is 12.1 Å². The molecule has 84 valence electrons. The lowest BCUT2D eigenvalue weighted by molar-refractivity contribution is -0.136. The molecule has 0 saturated heterocycles. The molecule has 0 unspecified atom stereocenters. The van der Waals surface area contributed by atoms with Crippen molar-refractivity contribution in [3.8, 4) is 0 Å². The number of H-pyrrole nitrogens is 1. The minimum atomic E-state index is -0.875. The lowest BCUT2D eigenvalue weighted by atomic mass is 10.1. The van der Waals surface area contributed by atoms with Crippen LogP contribution in [0, 0.1) is 6.92 Å². The summed E-state index contributed by atoms with van der Waals surface area (Å²) in [6, 6.07) is 3.36. The van der Waals surface area contributed by atoms with Gasteiger partial charge in [-0.15, -0.1) is 0 Å². The quantitative estimate of drug-likeness (QED) is 0.867. The van der Waals surface area contributed by atoms with Crippen LogP contribution in [-0.4, -0.2) is 16.1 Å². The topological polar surface area (TPSA) is 53.1 Å². The summed E-state index contributed by atoms with van der Waals surface area (Å²) < 4.78 is 0. The first kappa shape index (κ1) is 11.3.